The van der Waals surface area contributed by atoms with Crippen molar-refractivity contribution in [3.63, 3.8) is 0 Å². The van der Waals surface area contributed by atoms with Gasteiger partial charge >= 0.3 is 0 Å². The summed E-state index contributed by atoms with van der Waals surface area (Å²) in [4.78, 5) is 0.0748. The molecule has 0 spiro atoms. The molecule has 0 aliphatic carbocycles. The summed E-state index contributed by atoms with van der Waals surface area (Å²) in [6, 6.07) is 10.6. The van der Waals surface area contributed by atoms with Crippen molar-refractivity contribution in [3.05, 3.63) is 58.1 Å². The first-order valence-corrected chi connectivity index (χ1v) is 7.84. The molecule has 2 N–H and O–H groups in total. The fraction of sp³-hybridized carbons (Fsp3) is 0.0769. The Hall–Kier alpha value is -1.27. The third-order valence-corrected chi connectivity index (χ3v) is 4.81. The van der Waals surface area contributed by atoms with E-state index in [0.29, 0.717) is 5.56 Å². The average Bonchev–Trinajstić information content (AvgIpc) is 2.44. The highest BCUT2D eigenvalue weighted by atomic mass is 35.5. The quantitative estimate of drug-likeness (QED) is 0.903. The molecule has 2 aromatic carbocycles. The van der Waals surface area contributed by atoms with Crippen LogP contribution in [0.15, 0.2) is 47.4 Å². The Balaban J connectivity index is 2.33. The number of nitrogens with one attached hydrogen (secondary N) is 1. The number of rotatable bonds is 4. The minimum absolute atomic E-state index is 0.0748. The highest BCUT2D eigenvalue weighted by Crippen LogP contribution is 2.31. The Kier molecular flexibility index (Phi) is 4.55. The predicted molar refractivity (Wildman–Crippen MR) is 79.6 cm³/mol. The van der Waals surface area contributed by atoms with Crippen LogP contribution >= 0.6 is 23.2 Å². The summed E-state index contributed by atoms with van der Waals surface area (Å²) in [5.74, 6) is 0. The molecule has 0 aliphatic rings. The van der Waals surface area contributed by atoms with E-state index in [-0.39, 0.29) is 27.2 Å². The van der Waals surface area contributed by atoms with Gasteiger partial charge in [0, 0.05) is 0 Å². The van der Waals surface area contributed by atoms with Gasteiger partial charge in [-0.3, -0.25) is 4.72 Å². The molecular formula is C13H11Cl2NO3S. The lowest BCUT2D eigenvalue weighted by Gasteiger charge is -2.10. The summed E-state index contributed by atoms with van der Waals surface area (Å²) < 4.78 is 26.8. The summed E-state index contributed by atoms with van der Waals surface area (Å²) in [6.45, 7) is -0.145. The molecule has 0 saturated heterocycles. The Morgan fingerprint density at radius 3 is 2.30 bits per heavy atom. The second-order valence-corrected chi connectivity index (χ2v) is 6.48. The van der Waals surface area contributed by atoms with Gasteiger partial charge in [-0.05, 0) is 29.8 Å². The zero-order valence-corrected chi connectivity index (χ0v) is 12.5. The molecule has 0 aromatic heterocycles. The highest BCUT2D eigenvalue weighted by molar-refractivity contribution is 7.92. The highest BCUT2D eigenvalue weighted by Gasteiger charge is 2.16. The first-order chi connectivity index (χ1) is 9.44. The number of hydrogen-bond donors (Lipinski definition) is 2. The van der Waals surface area contributed by atoms with Crippen molar-refractivity contribution in [1.29, 1.82) is 0 Å². The molecule has 0 amide bonds. The molecule has 0 bridgehead atoms. The van der Waals surface area contributed by atoms with E-state index in [4.69, 9.17) is 28.3 Å². The van der Waals surface area contributed by atoms with Crippen molar-refractivity contribution in [3.8, 4) is 0 Å². The standard InChI is InChI=1S/C13H11Cl2NO3S/c14-11-2-1-3-12(13(11)15)16-20(18,19)10-6-4-9(8-17)5-7-10/h1-7,16-17H,8H2. The molecule has 0 heterocycles. The van der Waals surface area contributed by atoms with Crippen molar-refractivity contribution < 1.29 is 13.5 Å². The summed E-state index contributed by atoms with van der Waals surface area (Å²) in [5.41, 5.74) is 0.843. The van der Waals surface area contributed by atoms with Crippen LogP contribution in [0.1, 0.15) is 5.56 Å². The minimum Gasteiger partial charge on any atom is -0.392 e. The Labute approximate surface area is 127 Å². The molecule has 0 radical (unpaired) electrons. The smallest absolute Gasteiger partial charge is 0.261 e. The normalized spacial score (nSPS) is 11.3. The SMILES string of the molecule is O=S(=O)(Nc1cccc(Cl)c1Cl)c1ccc(CO)cc1. The zero-order chi connectivity index (χ0) is 14.8. The van der Waals surface area contributed by atoms with Crippen LogP contribution in [-0.4, -0.2) is 13.5 Å². The van der Waals surface area contributed by atoms with Crippen LogP contribution in [0.2, 0.25) is 10.0 Å². The molecule has 20 heavy (non-hydrogen) atoms. The van der Waals surface area contributed by atoms with E-state index in [0.717, 1.165) is 0 Å². The number of hydrogen-bond acceptors (Lipinski definition) is 3. The van der Waals surface area contributed by atoms with E-state index < -0.39 is 10.0 Å². The number of anilines is 1. The topological polar surface area (TPSA) is 66.4 Å². The van der Waals surface area contributed by atoms with Gasteiger partial charge in [-0.2, -0.15) is 0 Å². The van der Waals surface area contributed by atoms with Gasteiger partial charge in [0.05, 0.1) is 27.2 Å². The van der Waals surface area contributed by atoms with E-state index in [9.17, 15) is 8.42 Å². The first kappa shape index (κ1) is 15.1. The van der Waals surface area contributed by atoms with Gasteiger partial charge in [-0.1, -0.05) is 41.4 Å². The summed E-state index contributed by atoms with van der Waals surface area (Å²) >= 11 is 11.8. The zero-order valence-electron chi connectivity index (χ0n) is 10.2. The van der Waals surface area contributed by atoms with E-state index in [1.807, 2.05) is 0 Å². The molecular weight excluding hydrogens is 321 g/mol. The predicted octanol–water partition coefficient (Wildman–Crippen LogP) is 3.29. The van der Waals surface area contributed by atoms with E-state index in [1.165, 1.54) is 30.3 Å². The van der Waals surface area contributed by atoms with Crippen LogP contribution in [0.5, 0.6) is 0 Å². The summed E-state index contributed by atoms with van der Waals surface area (Å²) in [6.07, 6.45) is 0. The first-order valence-electron chi connectivity index (χ1n) is 5.60. The van der Waals surface area contributed by atoms with Gasteiger partial charge in [0.15, 0.2) is 0 Å². The fourth-order valence-corrected chi connectivity index (χ4v) is 3.04. The number of aliphatic hydroxyl groups is 1. The van der Waals surface area contributed by atoms with Crippen molar-refractivity contribution >= 4 is 38.9 Å². The van der Waals surface area contributed by atoms with Crippen LogP contribution < -0.4 is 4.72 Å². The van der Waals surface area contributed by atoms with Crippen LogP contribution in [0.4, 0.5) is 5.69 Å². The van der Waals surface area contributed by atoms with E-state index >= 15 is 0 Å². The summed E-state index contributed by atoms with van der Waals surface area (Å²) in [7, 11) is -3.75. The monoisotopic (exact) mass is 331 g/mol. The molecule has 0 saturated carbocycles. The molecule has 2 rings (SSSR count). The van der Waals surface area contributed by atoms with Crippen molar-refractivity contribution in [2.24, 2.45) is 0 Å². The van der Waals surface area contributed by atoms with Crippen LogP contribution in [0, 0.1) is 0 Å². The van der Waals surface area contributed by atoms with E-state index in [1.54, 1.807) is 12.1 Å². The molecule has 0 aliphatic heterocycles. The number of benzene rings is 2. The average molecular weight is 332 g/mol. The number of halogens is 2. The van der Waals surface area contributed by atoms with Gasteiger partial charge in [-0.15, -0.1) is 0 Å². The maximum Gasteiger partial charge on any atom is 0.261 e. The second kappa shape index (κ2) is 6.01. The van der Waals surface area contributed by atoms with Gasteiger partial charge < -0.3 is 5.11 Å². The lowest BCUT2D eigenvalue weighted by molar-refractivity contribution is 0.282. The van der Waals surface area contributed by atoms with Gasteiger partial charge in [0.2, 0.25) is 0 Å². The van der Waals surface area contributed by atoms with Crippen molar-refractivity contribution in [2.45, 2.75) is 11.5 Å². The third-order valence-electron chi connectivity index (χ3n) is 2.61. The maximum atomic E-state index is 12.2. The Morgan fingerprint density at radius 2 is 1.70 bits per heavy atom. The third kappa shape index (κ3) is 3.24. The molecule has 106 valence electrons. The largest absolute Gasteiger partial charge is 0.392 e. The second-order valence-electron chi connectivity index (χ2n) is 4.01. The van der Waals surface area contributed by atoms with Gasteiger partial charge in [-0.25, -0.2) is 8.42 Å². The lowest BCUT2D eigenvalue weighted by atomic mass is 10.2. The Bertz CT molecular complexity index is 715. The van der Waals surface area contributed by atoms with E-state index in [2.05, 4.69) is 4.72 Å². The molecule has 4 nitrogen and oxygen atoms in total. The van der Waals surface area contributed by atoms with Gasteiger partial charge in [0.25, 0.3) is 10.0 Å². The van der Waals surface area contributed by atoms with Gasteiger partial charge in [0.1, 0.15) is 0 Å². The molecule has 7 heteroatoms. The van der Waals surface area contributed by atoms with Crippen molar-refractivity contribution in [2.75, 3.05) is 4.72 Å². The number of aliphatic hydroxyl groups excluding tert-OH is 1. The molecule has 0 fully saturated rings. The van der Waals surface area contributed by atoms with Crippen LogP contribution in [-0.2, 0) is 16.6 Å². The lowest BCUT2D eigenvalue weighted by Crippen LogP contribution is -2.13. The summed E-state index contributed by atoms with van der Waals surface area (Å²) in [5, 5.41) is 9.35. The van der Waals surface area contributed by atoms with Crippen LogP contribution in [0.25, 0.3) is 0 Å². The Morgan fingerprint density at radius 1 is 1.05 bits per heavy atom. The van der Waals surface area contributed by atoms with Crippen LogP contribution in [0.3, 0.4) is 0 Å². The maximum absolute atomic E-state index is 12.2. The molecule has 2 aromatic rings. The molecule has 0 atom stereocenters. The number of sulfonamides is 1. The van der Waals surface area contributed by atoms with Crippen molar-refractivity contribution in [1.82, 2.24) is 0 Å². The molecule has 0 unspecified atom stereocenters. The fourth-order valence-electron chi connectivity index (χ4n) is 1.56. The minimum atomic E-state index is -3.75.